The van der Waals surface area contributed by atoms with Gasteiger partial charge < -0.3 is 5.73 Å². The number of pyridine rings is 1. The molecule has 0 spiro atoms. The molecule has 9 heteroatoms. The summed E-state index contributed by atoms with van der Waals surface area (Å²) < 4.78 is 53.5. The van der Waals surface area contributed by atoms with Crippen molar-refractivity contribution in [2.75, 3.05) is 10.5 Å². The molecule has 5 nitrogen and oxygen atoms in total. The Bertz CT molecular complexity index is 789. The first-order valence-corrected chi connectivity index (χ1v) is 7.46. The molecule has 0 bridgehead atoms. The van der Waals surface area contributed by atoms with Gasteiger partial charge in [-0.25, -0.2) is 22.2 Å². The number of nitrogen functional groups attached to an aromatic ring is 1. The molecule has 0 fully saturated rings. The fourth-order valence-electron chi connectivity index (χ4n) is 1.66. The summed E-state index contributed by atoms with van der Waals surface area (Å²) in [6, 6.07) is 2.84. The number of nitrogens with two attached hydrogens (primary N) is 1. The van der Waals surface area contributed by atoms with Gasteiger partial charge in [-0.2, -0.15) is 0 Å². The molecule has 0 unspecified atom stereocenters. The normalized spacial score (nSPS) is 11.4. The molecule has 2 rings (SSSR count). The minimum Gasteiger partial charge on any atom is -0.399 e. The van der Waals surface area contributed by atoms with Crippen LogP contribution in [0.4, 0.5) is 20.2 Å². The van der Waals surface area contributed by atoms with Crippen LogP contribution in [0.15, 0.2) is 29.3 Å². The van der Waals surface area contributed by atoms with Crippen LogP contribution >= 0.6 is 11.6 Å². The number of sulfonamides is 1. The van der Waals surface area contributed by atoms with E-state index in [9.17, 15) is 17.2 Å². The minimum atomic E-state index is -4.46. The van der Waals surface area contributed by atoms with Crippen molar-refractivity contribution in [2.45, 2.75) is 11.8 Å². The topological polar surface area (TPSA) is 85.1 Å². The SMILES string of the molecule is Cc1cc(NS(=O)(=O)c2c(F)cc(N)cc2F)cnc1Cl. The third-order valence-electron chi connectivity index (χ3n) is 2.56. The summed E-state index contributed by atoms with van der Waals surface area (Å²) in [5, 5.41) is 0.197. The van der Waals surface area contributed by atoms with E-state index >= 15 is 0 Å². The molecule has 3 N–H and O–H groups in total. The second kappa shape index (κ2) is 5.45. The summed E-state index contributed by atoms with van der Waals surface area (Å²) in [7, 11) is -4.46. The Kier molecular flexibility index (Phi) is 4.02. The number of anilines is 2. The quantitative estimate of drug-likeness (QED) is 0.668. The van der Waals surface area contributed by atoms with Crippen molar-refractivity contribution < 1.29 is 17.2 Å². The fourth-order valence-corrected chi connectivity index (χ4v) is 2.91. The Hall–Kier alpha value is -1.93. The maximum atomic E-state index is 13.7. The zero-order valence-corrected chi connectivity index (χ0v) is 12.3. The average molecular weight is 334 g/mol. The van der Waals surface area contributed by atoms with Crippen molar-refractivity contribution in [1.82, 2.24) is 4.98 Å². The number of hydrogen-bond acceptors (Lipinski definition) is 4. The first-order valence-electron chi connectivity index (χ1n) is 5.60. The zero-order chi connectivity index (χ0) is 15.8. The van der Waals surface area contributed by atoms with Gasteiger partial charge in [-0.1, -0.05) is 11.6 Å². The van der Waals surface area contributed by atoms with Crippen molar-refractivity contribution in [2.24, 2.45) is 0 Å². The van der Waals surface area contributed by atoms with E-state index in [-0.39, 0.29) is 16.5 Å². The lowest BCUT2D eigenvalue weighted by Gasteiger charge is -2.10. The Labute approximate surface area is 124 Å². The molecule has 0 saturated carbocycles. The Morgan fingerprint density at radius 1 is 1.24 bits per heavy atom. The maximum absolute atomic E-state index is 13.7. The highest BCUT2D eigenvalue weighted by atomic mass is 35.5. The average Bonchev–Trinajstić information content (AvgIpc) is 2.31. The van der Waals surface area contributed by atoms with Gasteiger partial charge in [0.05, 0.1) is 11.9 Å². The molecule has 0 radical (unpaired) electrons. The van der Waals surface area contributed by atoms with Crippen LogP contribution in [0.25, 0.3) is 0 Å². The van der Waals surface area contributed by atoms with E-state index in [4.69, 9.17) is 17.3 Å². The summed E-state index contributed by atoms with van der Waals surface area (Å²) >= 11 is 5.71. The van der Waals surface area contributed by atoms with E-state index in [2.05, 4.69) is 4.98 Å². The lowest BCUT2D eigenvalue weighted by molar-refractivity contribution is 0.522. The molecule has 0 aliphatic rings. The summed E-state index contributed by atoms with van der Waals surface area (Å²) in [5.74, 6) is -2.56. The number of halogens is 3. The molecule has 1 aromatic carbocycles. The predicted molar refractivity (Wildman–Crippen MR) is 75.6 cm³/mol. The largest absolute Gasteiger partial charge is 0.399 e. The van der Waals surface area contributed by atoms with Gasteiger partial charge in [0.1, 0.15) is 16.8 Å². The lowest BCUT2D eigenvalue weighted by Crippen LogP contribution is -2.17. The van der Waals surface area contributed by atoms with Crippen LogP contribution in [0.5, 0.6) is 0 Å². The van der Waals surface area contributed by atoms with Gasteiger partial charge in [0, 0.05) is 5.69 Å². The van der Waals surface area contributed by atoms with Gasteiger partial charge in [-0.3, -0.25) is 4.72 Å². The third-order valence-corrected chi connectivity index (χ3v) is 4.38. The number of aryl methyl sites for hydroxylation is 1. The highest BCUT2D eigenvalue weighted by Crippen LogP contribution is 2.25. The number of nitrogens with one attached hydrogen (secondary N) is 1. The number of nitrogens with zero attached hydrogens (tertiary/aromatic N) is 1. The summed E-state index contributed by atoms with van der Waals surface area (Å²) in [6.07, 6.45) is 1.14. The van der Waals surface area contributed by atoms with Crippen LogP contribution in [-0.4, -0.2) is 13.4 Å². The van der Waals surface area contributed by atoms with Crippen molar-refractivity contribution in [3.8, 4) is 0 Å². The van der Waals surface area contributed by atoms with Crippen LogP contribution < -0.4 is 10.5 Å². The van der Waals surface area contributed by atoms with Crippen molar-refractivity contribution in [3.63, 3.8) is 0 Å². The van der Waals surface area contributed by atoms with Crippen LogP contribution in [0.3, 0.4) is 0 Å². The van der Waals surface area contributed by atoms with Gasteiger partial charge in [0.15, 0.2) is 4.90 Å². The molecule has 1 heterocycles. The van der Waals surface area contributed by atoms with E-state index in [0.717, 1.165) is 18.3 Å². The molecule has 112 valence electrons. The van der Waals surface area contributed by atoms with Crippen LogP contribution in [0.2, 0.25) is 5.15 Å². The lowest BCUT2D eigenvalue weighted by atomic mass is 10.3. The summed E-state index contributed by atoms with van der Waals surface area (Å²) in [5.41, 5.74) is 5.57. The zero-order valence-electron chi connectivity index (χ0n) is 10.7. The van der Waals surface area contributed by atoms with E-state index in [1.54, 1.807) is 6.92 Å². The van der Waals surface area contributed by atoms with E-state index in [0.29, 0.717) is 5.56 Å². The smallest absolute Gasteiger partial charge is 0.267 e. The molecule has 21 heavy (non-hydrogen) atoms. The second-order valence-electron chi connectivity index (χ2n) is 4.25. The molecule has 0 amide bonds. The highest BCUT2D eigenvalue weighted by molar-refractivity contribution is 7.92. The van der Waals surface area contributed by atoms with Crippen LogP contribution in [0.1, 0.15) is 5.56 Å². The summed E-state index contributed by atoms with van der Waals surface area (Å²) in [4.78, 5) is 2.64. The fraction of sp³-hybridized carbons (Fsp3) is 0.0833. The number of aromatic nitrogens is 1. The summed E-state index contributed by atoms with van der Waals surface area (Å²) in [6.45, 7) is 1.61. The van der Waals surface area contributed by atoms with E-state index in [1.165, 1.54) is 6.07 Å². The van der Waals surface area contributed by atoms with Gasteiger partial charge in [-0.05, 0) is 30.7 Å². The minimum absolute atomic E-state index is 0.0347. The molecular weight excluding hydrogens is 324 g/mol. The first-order chi connectivity index (χ1) is 9.70. The first kappa shape index (κ1) is 15.5. The molecule has 0 aliphatic heterocycles. The van der Waals surface area contributed by atoms with E-state index < -0.39 is 26.6 Å². The van der Waals surface area contributed by atoms with Crippen LogP contribution in [-0.2, 0) is 10.0 Å². The number of hydrogen-bond donors (Lipinski definition) is 2. The predicted octanol–water partition coefficient (Wildman–Crippen LogP) is 2.70. The van der Waals surface area contributed by atoms with Crippen LogP contribution in [0, 0.1) is 18.6 Å². The second-order valence-corrected chi connectivity index (χ2v) is 6.23. The standard InChI is InChI=1S/C12H10ClF2N3O2S/c1-6-2-8(5-17-12(6)13)18-21(19,20)11-9(14)3-7(16)4-10(11)15/h2-5,18H,16H2,1H3. The molecule has 0 saturated heterocycles. The molecule has 0 atom stereocenters. The Balaban J connectivity index is 2.46. The molecular formula is C12H10ClF2N3O2S. The molecule has 2 aromatic rings. The number of benzene rings is 1. The molecule has 0 aliphatic carbocycles. The maximum Gasteiger partial charge on any atom is 0.267 e. The highest BCUT2D eigenvalue weighted by Gasteiger charge is 2.25. The van der Waals surface area contributed by atoms with Crippen molar-refractivity contribution in [3.05, 3.63) is 46.7 Å². The molecule has 1 aromatic heterocycles. The van der Waals surface area contributed by atoms with Gasteiger partial charge >= 0.3 is 0 Å². The van der Waals surface area contributed by atoms with Gasteiger partial charge in [0.2, 0.25) is 0 Å². The van der Waals surface area contributed by atoms with Crippen molar-refractivity contribution >= 4 is 33.0 Å². The van der Waals surface area contributed by atoms with E-state index in [1.807, 2.05) is 4.72 Å². The number of rotatable bonds is 3. The van der Waals surface area contributed by atoms with Crippen molar-refractivity contribution in [1.29, 1.82) is 0 Å². The monoisotopic (exact) mass is 333 g/mol. The third kappa shape index (κ3) is 3.22. The van der Waals surface area contributed by atoms with Gasteiger partial charge in [-0.15, -0.1) is 0 Å². The van der Waals surface area contributed by atoms with Gasteiger partial charge in [0.25, 0.3) is 10.0 Å². The Morgan fingerprint density at radius 2 is 1.81 bits per heavy atom. The Morgan fingerprint density at radius 3 is 2.33 bits per heavy atom.